The first-order valence-corrected chi connectivity index (χ1v) is 7.76. The summed E-state index contributed by atoms with van der Waals surface area (Å²) in [6, 6.07) is 3.45. The minimum atomic E-state index is -0.0709. The van der Waals surface area contributed by atoms with Gasteiger partial charge in [-0.3, -0.25) is 0 Å². The van der Waals surface area contributed by atoms with Gasteiger partial charge >= 0.3 is 0 Å². The molecule has 19 heavy (non-hydrogen) atoms. The minimum absolute atomic E-state index is 0.0289. The average Bonchev–Trinajstić information content (AvgIpc) is 2.35. The molecule has 2 rings (SSSR count). The first kappa shape index (κ1) is 15.4. The van der Waals surface area contributed by atoms with Crippen LogP contribution < -0.4 is 10.5 Å². The molecule has 1 aromatic carbocycles. The van der Waals surface area contributed by atoms with Gasteiger partial charge in [-0.15, -0.1) is 0 Å². The molecule has 1 fully saturated rings. The molecule has 3 nitrogen and oxygen atoms in total. The highest BCUT2D eigenvalue weighted by Gasteiger charge is 2.41. The van der Waals surface area contributed by atoms with Crippen molar-refractivity contribution in [3.8, 4) is 5.75 Å². The smallest absolute Gasteiger partial charge is 0.140 e. The lowest BCUT2D eigenvalue weighted by Gasteiger charge is -2.41. The summed E-state index contributed by atoms with van der Waals surface area (Å²) in [5.41, 5.74) is 5.93. The van der Waals surface area contributed by atoms with E-state index in [2.05, 4.69) is 22.9 Å². The molecule has 3 atom stereocenters. The van der Waals surface area contributed by atoms with E-state index in [9.17, 15) is 0 Å². The van der Waals surface area contributed by atoms with E-state index in [1.165, 1.54) is 0 Å². The molecule has 1 aliphatic rings. The third-order valence-corrected chi connectivity index (χ3v) is 4.55. The molecule has 1 saturated carbocycles. The molecule has 2 N–H and O–H groups in total. The summed E-state index contributed by atoms with van der Waals surface area (Å²) in [6.45, 7) is 2.75. The number of benzene rings is 1. The van der Waals surface area contributed by atoms with E-state index in [0.717, 1.165) is 17.3 Å². The van der Waals surface area contributed by atoms with Crippen LogP contribution in [0.4, 0.5) is 0 Å². The van der Waals surface area contributed by atoms with Crippen molar-refractivity contribution < 1.29 is 9.47 Å². The predicted octanol–water partition coefficient (Wildman–Crippen LogP) is 4.03. The summed E-state index contributed by atoms with van der Waals surface area (Å²) in [4.78, 5) is 0. The normalized spacial score (nSPS) is 26.1. The molecular weight excluding hydrogens is 353 g/mol. The van der Waals surface area contributed by atoms with Crippen molar-refractivity contribution in [3.63, 3.8) is 0 Å². The second-order valence-electron chi connectivity index (χ2n) is 4.59. The van der Waals surface area contributed by atoms with E-state index in [-0.39, 0.29) is 18.2 Å². The van der Waals surface area contributed by atoms with Gasteiger partial charge in [0.1, 0.15) is 18.0 Å². The lowest BCUT2D eigenvalue weighted by Crippen LogP contribution is -2.59. The van der Waals surface area contributed by atoms with Crippen LogP contribution in [-0.2, 0) is 4.74 Å². The summed E-state index contributed by atoms with van der Waals surface area (Å²) in [5.74, 6) is 0.567. The SMILES string of the molecule is CCCOC1C(N)CC1Oc1cc(Cl)c(Br)cc1Cl. The highest BCUT2D eigenvalue weighted by molar-refractivity contribution is 9.10. The number of hydrogen-bond acceptors (Lipinski definition) is 3. The first-order valence-electron chi connectivity index (χ1n) is 6.21. The van der Waals surface area contributed by atoms with Crippen LogP contribution in [0.15, 0.2) is 16.6 Å². The standard InChI is InChI=1S/C13H16BrCl2NO2/c1-2-3-18-13-10(17)6-12(13)19-11-5-8(15)7(14)4-9(11)16/h4-5,10,12-13H,2-3,6,17H2,1H3. The molecule has 0 aromatic heterocycles. The van der Waals surface area contributed by atoms with E-state index in [1.54, 1.807) is 12.1 Å². The maximum absolute atomic E-state index is 6.13. The molecule has 0 radical (unpaired) electrons. The molecule has 0 amide bonds. The van der Waals surface area contributed by atoms with Gasteiger partial charge in [0.05, 0.1) is 10.0 Å². The average molecular weight is 369 g/mol. The van der Waals surface area contributed by atoms with Crippen LogP contribution >= 0.6 is 39.1 Å². The molecule has 0 heterocycles. The minimum Gasteiger partial charge on any atom is -0.486 e. The zero-order valence-electron chi connectivity index (χ0n) is 10.5. The molecule has 6 heteroatoms. The van der Waals surface area contributed by atoms with Crippen molar-refractivity contribution >= 4 is 39.1 Å². The number of hydrogen-bond donors (Lipinski definition) is 1. The van der Waals surface area contributed by atoms with Crippen molar-refractivity contribution in [1.82, 2.24) is 0 Å². The first-order chi connectivity index (χ1) is 9.02. The van der Waals surface area contributed by atoms with Gasteiger partial charge < -0.3 is 15.2 Å². The third kappa shape index (κ3) is 3.56. The summed E-state index contributed by atoms with van der Waals surface area (Å²) >= 11 is 15.5. The Hall–Kier alpha value is -0.0000000000000000555. The monoisotopic (exact) mass is 367 g/mol. The Morgan fingerprint density at radius 1 is 1.37 bits per heavy atom. The van der Waals surface area contributed by atoms with Gasteiger partial charge in [-0.05, 0) is 28.4 Å². The van der Waals surface area contributed by atoms with E-state index in [4.69, 9.17) is 38.4 Å². The van der Waals surface area contributed by atoms with Crippen LogP contribution in [0, 0.1) is 0 Å². The van der Waals surface area contributed by atoms with Crippen molar-refractivity contribution in [3.05, 3.63) is 26.7 Å². The summed E-state index contributed by atoms with van der Waals surface area (Å²) in [6.07, 6.45) is 1.59. The van der Waals surface area contributed by atoms with E-state index in [1.807, 2.05) is 0 Å². The highest BCUT2D eigenvalue weighted by atomic mass is 79.9. The molecule has 0 spiro atoms. The Kier molecular flexibility index (Phi) is 5.37. The third-order valence-electron chi connectivity index (χ3n) is 3.06. The maximum Gasteiger partial charge on any atom is 0.140 e. The van der Waals surface area contributed by atoms with Gasteiger partial charge in [0.15, 0.2) is 0 Å². The molecule has 0 aliphatic heterocycles. The summed E-state index contributed by atoms with van der Waals surface area (Å²) in [5, 5.41) is 1.08. The highest BCUT2D eigenvalue weighted by Crippen LogP contribution is 2.37. The Morgan fingerprint density at radius 2 is 2.11 bits per heavy atom. The van der Waals surface area contributed by atoms with Gasteiger partial charge in [0.2, 0.25) is 0 Å². The van der Waals surface area contributed by atoms with Gasteiger partial charge in [0.25, 0.3) is 0 Å². The van der Waals surface area contributed by atoms with Crippen LogP contribution in [0.5, 0.6) is 5.75 Å². The molecule has 1 aromatic rings. The zero-order chi connectivity index (χ0) is 14.0. The maximum atomic E-state index is 6.13. The van der Waals surface area contributed by atoms with Crippen molar-refractivity contribution in [2.24, 2.45) is 5.73 Å². The van der Waals surface area contributed by atoms with Crippen molar-refractivity contribution in [2.45, 2.75) is 38.0 Å². The van der Waals surface area contributed by atoms with E-state index in [0.29, 0.717) is 22.4 Å². The molecule has 106 valence electrons. The second kappa shape index (κ2) is 6.64. The fourth-order valence-corrected chi connectivity index (χ4v) is 2.81. The quantitative estimate of drug-likeness (QED) is 0.798. The molecular formula is C13H16BrCl2NO2. The Morgan fingerprint density at radius 3 is 2.74 bits per heavy atom. The van der Waals surface area contributed by atoms with Gasteiger partial charge in [-0.25, -0.2) is 0 Å². The molecule has 1 aliphatic carbocycles. The predicted molar refractivity (Wildman–Crippen MR) is 81.2 cm³/mol. The van der Waals surface area contributed by atoms with Crippen LogP contribution in [0.3, 0.4) is 0 Å². The Bertz CT molecular complexity index is 459. The van der Waals surface area contributed by atoms with Crippen LogP contribution in [-0.4, -0.2) is 24.9 Å². The fourth-order valence-electron chi connectivity index (χ4n) is 1.97. The summed E-state index contributed by atoms with van der Waals surface area (Å²) in [7, 11) is 0. The van der Waals surface area contributed by atoms with E-state index >= 15 is 0 Å². The topological polar surface area (TPSA) is 44.5 Å². The number of nitrogens with two attached hydrogens (primary N) is 1. The van der Waals surface area contributed by atoms with Crippen LogP contribution in [0.25, 0.3) is 0 Å². The van der Waals surface area contributed by atoms with Gasteiger partial charge in [0, 0.05) is 29.6 Å². The van der Waals surface area contributed by atoms with Crippen molar-refractivity contribution in [2.75, 3.05) is 6.61 Å². The molecule has 0 saturated heterocycles. The Balaban J connectivity index is 2.03. The Labute approximate surface area is 131 Å². The lowest BCUT2D eigenvalue weighted by molar-refractivity contribution is -0.0979. The molecule has 3 unspecified atom stereocenters. The number of halogens is 3. The van der Waals surface area contributed by atoms with Crippen LogP contribution in [0.1, 0.15) is 19.8 Å². The number of ether oxygens (including phenoxy) is 2. The van der Waals surface area contributed by atoms with E-state index < -0.39 is 0 Å². The van der Waals surface area contributed by atoms with Gasteiger partial charge in [-0.1, -0.05) is 30.1 Å². The lowest BCUT2D eigenvalue weighted by atomic mass is 9.86. The van der Waals surface area contributed by atoms with Crippen LogP contribution in [0.2, 0.25) is 10.0 Å². The van der Waals surface area contributed by atoms with Gasteiger partial charge in [-0.2, -0.15) is 0 Å². The van der Waals surface area contributed by atoms with Crippen molar-refractivity contribution in [1.29, 1.82) is 0 Å². The zero-order valence-corrected chi connectivity index (χ0v) is 13.6. The molecule has 0 bridgehead atoms. The number of rotatable bonds is 5. The largest absolute Gasteiger partial charge is 0.486 e. The second-order valence-corrected chi connectivity index (χ2v) is 6.26. The fraction of sp³-hybridized carbons (Fsp3) is 0.538. The summed E-state index contributed by atoms with van der Waals surface area (Å²) < 4.78 is 12.3.